The van der Waals surface area contributed by atoms with Crippen LogP contribution in [0.4, 0.5) is 0 Å². The fourth-order valence-corrected chi connectivity index (χ4v) is 5.18. The largest absolute Gasteiger partial charge is 0.352 e. The van der Waals surface area contributed by atoms with Crippen LogP contribution in [0.3, 0.4) is 0 Å². The third-order valence-corrected chi connectivity index (χ3v) is 7.49. The Labute approximate surface area is 219 Å². The molecule has 0 unspecified atom stereocenters. The minimum absolute atomic E-state index is 0.0770. The van der Waals surface area contributed by atoms with Gasteiger partial charge in [-0.2, -0.15) is 0 Å². The van der Waals surface area contributed by atoms with Crippen LogP contribution < -0.4 is 5.32 Å². The Morgan fingerprint density at radius 3 is 2.22 bits per heavy atom. The molecule has 0 aliphatic heterocycles. The van der Waals surface area contributed by atoms with Crippen LogP contribution in [-0.2, 0) is 29.0 Å². The molecule has 1 aliphatic rings. The second-order valence-corrected chi connectivity index (χ2v) is 10.2. The Hall–Kier alpha value is -3.11. The van der Waals surface area contributed by atoms with Crippen molar-refractivity contribution in [2.75, 3.05) is 0 Å². The molecule has 36 heavy (non-hydrogen) atoms. The average molecular weight is 503 g/mol. The van der Waals surface area contributed by atoms with E-state index in [1.807, 2.05) is 79.7 Å². The zero-order valence-corrected chi connectivity index (χ0v) is 21.7. The third-order valence-electron chi connectivity index (χ3n) is 7.12. The van der Waals surface area contributed by atoms with Crippen LogP contribution in [0, 0.1) is 6.92 Å². The average Bonchev–Trinajstić information content (AvgIpc) is 2.89. The number of aryl methyl sites for hydroxylation is 1. The topological polar surface area (TPSA) is 49.4 Å². The van der Waals surface area contributed by atoms with E-state index in [-0.39, 0.29) is 24.3 Å². The molecule has 1 N–H and O–H groups in total. The van der Waals surface area contributed by atoms with Gasteiger partial charge in [-0.3, -0.25) is 9.59 Å². The van der Waals surface area contributed by atoms with Crippen molar-refractivity contribution in [1.82, 2.24) is 10.2 Å². The lowest BCUT2D eigenvalue weighted by molar-refractivity contribution is -0.141. The van der Waals surface area contributed by atoms with Gasteiger partial charge in [-0.1, -0.05) is 104 Å². The molecule has 1 saturated carbocycles. The van der Waals surface area contributed by atoms with E-state index in [9.17, 15) is 9.59 Å². The fourth-order valence-electron chi connectivity index (χ4n) is 4.98. The number of rotatable bonds is 9. The van der Waals surface area contributed by atoms with Crippen LogP contribution in [0.25, 0.3) is 0 Å². The monoisotopic (exact) mass is 502 g/mol. The molecular formula is C31H35ClN2O2. The number of amides is 2. The summed E-state index contributed by atoms with van der Waals surface area (Å²) < 4.78 is 0. The molecule has 1 fully saturated rings. The lowest BCUT2D eigenvalue weighted by Gasteiger charge is -2.34. The van der Waals surface area contributed by atoms with E-state index in [0.29, 0.717) is 18.0 Å². The molecule has 1 aliphatic carbocycles. The summed E-state index contributed by atoms with van der Waals surface area (Å²) in [6, 6.07) is 25.0. The van der Waals surface area contributed by atoms with Crippen LogP contribution in [-0.4, -0.2) is 28.8 Å². The highest BCUT2D eigenvalue weighted by Crippen LogP contribution is 2.22. The van der Waals surface area contributed by atoms with Gasteiger partial charge in [0, 0.05) is 24.0 Å². The van der Waals surface area contributed by atoms with Crippen molar-refractivity contribution in [2.24, 2.45) is 0 Å². The maximum atomic E-state index is 13.9. The van der Waals surface area contributed by atoms with Gasteiger partial charge < -0.3 is 10.2 Å². The van der Waals surface area contributed by atoms with Crippen LogP contribution in [0.1, 0.15) is 54.4 Å². The first-order valence-corrected chi connectivity index (χ1v) is 13.3. The van der Waals surface area contributed by atoms with Crippen LogP contribution in [0.5, 0.6) is 0 Å². The molecule has 5 heteroatoms. The summed E-state index contributed by atoms with van der Waals surface area (Å²) in [6.45, 7) is 2.41. The maximum absolute atomic E-state index is 13.9. The number of carbonyl (C=O) groups excluding carboxylic acids is 2. The van der Waals surface area contributed by atoms with Crippen LogP contribution >= 0.6 is 11.6 Å². The first-order chi connectivity index (χ1) is 17.5. The highest BCUT2D eigenvalue weighted by molar-refractivity contribution is 6.31. The summed E-state index contributed by atoms with van der Waals surface area (Å²) in [5.74, 6) is -0.182. The molecule has 0 saturated heterocycles. The molecule has 188 valence electrons. The highest BCUT2D eigenvalue weighted by Gasteiger charge is 2.32. The Morgan fingerprint density at radius 2 is 1.53 bits per heavy atom. The molecule has 1 atom stereocenters. The van der Waals surface area contributed by atoms with Gasteiger partial charge in [-0.15, -0.1) is 0 Å². The van der Waals surface area contributed by atoms with Crippen molar-refractivity contribution in [3.63, 3.8) is 0 Å². The smallest absolute Gasteiger partial charge is 0.243 e. The van der Waals surface area contributed by atoms with E-state index in [0.717, 1.165) is 47.9 Å². The van der Waals surface area contributed by atoms with Crippen LogP contribution in [0.15, 0.2) is 78.9 Å². The number of nitrogens with one attached hydrogen (secondary N) is 1. The maximum Gasteiger partial charge on any atom is 0.243 e. The van der Waals surface area contributed by atoms with Crippen LogP contribution in [0.2, 0.25) is 5.02 Å². The molecular weight excluding hydrogens is 468 g/mol. The van der Waals surface area contributed by atoms with E-state index in [4.69, 9.17) is 11.6 Å². The van der Waals surface area contributed by atoms with Gasteiger partial charge in [0.2, 0.25) is 11.8 Å². The number of hydrogen-bond donors (Lipinski definition) is 1. The van der Waals surface area contributed by atoms with Gasteiger partial charge in [-0.25, -0.2) is 0 Å². The van der Waals surface area contributed by atoms with Gasteiger partial charge in [0.05, 0.1) is 6.42 Å². The SMILES string of the molecule is Cc1ccccc1CN(C(=O)Cc1ccccc1Cl)[C@H](Cc1ccccc1)C(=O)NC1CCCCC1. The number of benzene rings is 3. The quantitative estimate of drug-likeness (QED) is 0.374. The Bertz CT molecular complexity index is 1160. The van der Waals surface area contributed by atoms with E-state index in [2.05, 4.69) is 5.32 Å². The standard InChI is InChI=1S/C31H35ClN2O2/c1-23-12-8-9-16-26(23)22-34(30(35)21-25-15-10-11-19-28(25)32)29(20-24-13-4-2-5-14-24)31(36)33-27-17-6-3-7-18-27/h2,4-5,8-16,19,27,29H,3,6-7,17-18,20-22H2,1H3,(H,33,36)/t29-/m1/s1. The molecule has 2 amide bonds. The summed E-state index contributed by atoms with van der Waals surface area (Å²) in [5, 5.41) is 3.85. The third kappa shape index (κ3) is 6.98. The summed E-state index contributed by atoms with van der Waals surface area (Å²) in [5.41, 5.74) is 3.93. The van der Waals surface area contributed by atoms with Crippen molar-refractivity contribution in [3.05, 3.63) is 106 Å². The highest BCUT2D eigenvalue weighted by atomic mass is 35.5. The van der Waals surface area contributed by atoms with E-state index >= 15 is 0 Å². The Morgan fingerprint density at radius 1 is 0.889 bits per heavy atom. The number of carbonyl (C=O) groups is 2. The minimum atomic E-state index is -0.621. The molecule has 0 radical (unpaired) electrons. The van der Waals surface area contributed by atoms with E-state index in [1.165, 1.54) is 6.42 Å². The molecule has 0 bridgehead atoms. The lowest BCUT2D eigenvalue weighted by atomic mass is 9.94. The zero-order valence-electron chi connectivity index (χ0n) is 21.0. The Kier molecular flexibility index (Phi) is 9.18. The predicted molar refractivity (Wildman–Crippen MR) is 146 cm³/mol. The summed E-state index contributed by atoms with van der Waals surface area (Å²) in [6.07, 6.45) is 6.08. The summed E-state index contributed by atoms with van der Waals surface area (Å²) in [7, 11) is 0. The molecule has 0 spiro atoms. The molecule has 0 aromatic heterocycles. The number of nitrogens with zero attached hydrogens (tertiary/aromatic N) is 1. The van der Waals surface area contributed by atoms with Gasteiger partial charge in [0.25, 0.3) is 0 Å². The first-order valence-electron chi connectivity index (χ1n) is 12.9. The normalized spacial score (nSPS) is 14.7. The van der Waals surface area contributed by atoms with Crippen molar-refractivity contribution in [2.45, 2.75) is 70.5 Å². The van der Waals surface area contributed by atoms with Crippen molar-refractivity contribution in [1.29, 1.82) is 0 Å². The zero-order chi connectivity index (χ0) is 25.3. The van der Waals surface area contributed by atoms with E-state index in [1.54, 1.807) is 11.0 Å². The lowest BCUT2D eigenvalue weighted by Crippen LogP contribution is -2.53. The second-order valence-electron chi connectivity index (χ2n) is 9.77. The van der Waals surface area contributed by atoms with Crippen molar-refractivity contribution >= 4 is 23.4 Å². The number of halogens is 1. The Balaban J connectivity index is 1.67. The summed E-state index contributed by atoms with van der Waals surface area (Å²) in [4.78, 5) is 29.5. The second kappa shape index (κ2) is 12.7. The molecule has 3 aromatic rings. The van der Waals surface area contributed by atoms with Crippen molar-refractivity contribution in [3.8, 4) is 0 Å². The minimum Gasteiger partial charge on any atom is -0.352 e. The first kappa shape index (κ1) is 26.0. The fraction of sp³-hybridized carbons (Fsp3) is 0.355. The van der Waals surface area contributed by atoms with Crippen molar-refractivity contribution < 1.29 is 9.59 Å². The molecule has 4 nitrogen and oxygen atoms in total. The predicted octanol–water partition coefficient (Wildman–Crippen LogP) is 6.28. The molecule has 4 rings (SSSR count). The van der Waals surface area contributed by atoms with Gasteiger partial charge in [0.1, 0.15) is 6.04 Å². The summed E-state index contributed by atoms with van der Waals surface area (Å²) >= 11 is 6.41. The van der Waals surface area contributed by atoms with Gasteiger partial charge in [0.15, 0.2) is 0 Å². The van der Waals surface area contributed by atoms with Gasteiger partial charge in [-0.05, 0) is 48.1 Å². The van der Waals surface area contributed by atoms with E-state index < -0.39 is 6.04 Å². The molecule has 3 aromatic carbocycles. The molecule has 0 heterocycles. The number of hydrogen-bond acceptors (Lipinski definition) is 2. The van der Waals surface area contributed by atoms with Gasteiger partial charge >= 0.3 is 0 Å².